The fourth-order valence-corrected chi connectivity index (χ4v) is 2.82. The van der Waals surface area contributed by atoms with Crippen LogP contribution in [0.4, 0.5) is 0 Å². The summed E-state index contributed by atoms with van der Waals surface area (Å²) < 4.78 is 0. The van der Waals surface area contributed by atoms with E-state index in [9.17, 15) is 4.79 Å². The summed E-state index contributed by atoms with van der Waals surface area (Å²) in [5.41, 5.74) is 4.25. The molecule has 0 aliphatic carbocycles. The van der Waals surface area contributed by atoms with Crippen molar-refractivity contribution in [2.75, 3.05) is 5.75 Å². The molecule has 0 spiro atoms. The number of rotatable bonds is 5. The molecule has 2 heteroatoms. The van der Waals surface area contributed by atoms with Crippen LogP contribution in [-0.2, 0) is 0 Å². The molecule has 21 heavy (non-hydrogen) atoms. The summed E-state index contributed by atoms with van der Waals surface area (Å²) in [6, 6.07) is 14.0. The molecule has 0 N–H and O–H groups in total. The Bertz CT molecular complexity index is 654. The lowest BCUT2D eigenvalue weighted by atomic mass is 10.0. The predicted octanol–water partition coefficient (Wildman–Crippen LogP) is 5.31. The first-order chi connectivity index (χ1) is 10.1. The fraction of sp³-hybridized carbons (Fsp3) is 0.211. The Labute approximate surface area is 131 Å². The molecule has 2 aromatic carbocycles. The van der Waals surface area contributed by atoms with Crippen molar-refractivity contribution in [3.8, 4) is 0 Å². The van der Waals surface area contributed by atoms with Crippen LogP contribution in [0.5, 0.6) is 0 Å². The van der Waals surface area contributed by atoms with E-state index in [0.29, 0.717) is 0 Å². The zero-order valence-corrected chi connectivity index (χ0v) is 13.5. The van der Waals surface area contributed by atoms with Gasteiger partial charge in [-0.15, -0.1) is 11.8 Å². The van der Waals surface area contributed by atoms with Crippen molar-refractivity contribution in [2.24, 2.45) is 0 Å². The highest BCUT2D eigenvalue weighted by molar-refractivity contribution is 7.99. The predicted molar refractivity (Wildman–Crippen MR) is 92.1 cm³/mol. The number of hydrogen-bond donors (Lipinski definition) is 0. The zero-order chi connectivity index (χ0) is 15.2. The van der Waals surface area contributed by atoms with Gasteiger partial charge in [0, 0.05) is 10.5 Å². The molecule has 0 bridgehead atoms. The standard InChI is InChI=1S/C19H20OS/c1-4-21-18-10-7-17(8-11-18)19(20)12-9-16-6-5-14(2)13-15(16)3/h5-13H,4H2,1-3H3. The van der Waals surface area contributed by atoms with E-state index in [1.165, 1.54) is 16.0 Å². The van der Waals surface area contributed by atoms with Crippen LogP contribution in [0.15, 0.2) is 53.4 Å². The number of carbonyl (C=O) groups is 1. The highest BCUT2D eigenvalue weighted by atomic mass is 32.2. The Balaban J connectivity index is 2.11. The molecule has 1 nitrogen and oxygen atoms in total. The first-order valence-corrected chi connectivity index (χ1v) is 8.11. The summed E-state index contributed by atoms with van der Waals surface area (Å²) >= 11 is 1.78. The molecule has 0 unspecified atom stereocenters. The van der Waals surface area contributed by atoms with Gasteiger partial charge in [-0.25, -0.2) is 0 Å². The van der Waals surface area contributed by atoms with Gasteiger partial charge in [0.2, 0.25) is 0 Å². The maximum Gasteiger partial charge on any atom is 0.185 e. The third kappa shape index (κ3) is 4.33. The molecule has 0 saturated carbocycles. The lowest BCUT2D eigenvalue weighted by Crippen LogP contribution is -1.94. The van der Waals surface area contributed by atoms with E-state index in [2.05, 4.69) is 39.0 Å². The second-order valence-electron chi connectivity index (χ2n) is 5.02. The average Bonchev–Trinajstić information content (AvgIpc) is 2.47. The molecule has 0 aromatic heterocycles. The summed E-state index contributed by atoms with van der Waals surface area (Å²) in [5, 5.41) is 0. The normalized spacial score (nSPS) is 11.0. The summed E-state index contributed by atoms with van der Waals surface area (Å²) in [4.78, 5) is 13.4. The quantitative estimate of drug-likeness (QED) is 0.422. The second-order valence-corrected chi connectivity index (χ2v) is 6.35. The van der Waals surface area contributed by atoms with Crippen LogP contribution in [0, 0.1) is 13.8 Å². The van der Waals surface area contributed by atoms with E-state index < -0.39 is 0 Å². The lowest BCUT2D eigenvalue weighted by molar-refractivity contribution is 0.104. The van der Waals surface area contributed by atoms with Crippen LogP contribution in [0.1, 0.15) is 34.0 Å². The maximum atomic E-state index is 12.2. The van der Waals surface area contributed by atoms with Gasteiger partial charge in [0.25, 0.3) is 0 Å². The van der Waals surface area contributed by atoms with Gasteiger partial charge >= 0.3 is 0 Å². The van der Waals surface area contributed by atoms with Crippen LogP contribution in [-0.4, -0.2) is 11.5 Å². The van der Waals surface area contributed by atoms with Gasteiger partial charge < -0.3 is 0 Å². The van der Waals surface area contributed by atoms with Crippen LogP contribution in [0.25, 0.3) is 6.08 Å². The van der Waals surface area contributed by atoms with Gasteiger partial charge in [-0.3, -0.25) is 4.79 Å². The van der Waals surface area contributed by atoms with Crippen LogP contribution in [0.3, 0.4) is 0 Å². The molecule has 0 aliphatic rings. The highest BCUT2D eigenvalue weighted by Gasteiger charge is 2.02. The van der Waals surface area contributed by atoms with Crippen molar-refractivity contribution in [2.45, 2.75) is 25.7 Å². The molecular weight excluding hydrogens is 276 g/mol. The van der Waals surface area contributed by atoms with E-state index in [1.54, 1.807) is 17.8 Å². The lowest BCUT2D eigenvalue weighted by Gasteiger charge is -2.02. The van der Waals surface area contributed by atoms with Gasteiger partial charge in [-0.2, -0.15) is 0 Å². The molecule has 0 saturated heterocycles. The molecule has 0 heterocycles. The molecule has 0 radical (unpaired) electrons. The second kappa shape index (κ2) is 7.28. The molecule has 0 amide bonds. The largest absolute Gasteiger partial charge is 0.289 e. The fourth-order valence-electron chi connectivity index (χ4n) is 2.16. The number of benzene rings is 2. The molecule has 2 rings (SSSR count). The van der Waals surface area contributed by atoms with Gasteiger partial charge in [-0.05, 0) is 61.1 Å². The van der Waals surface area contributed by atoms with Crippen LogP contribution < -0.4 is 0 Å². The van der Waals surface area contributed by atoms with Gasteiger partial charge in [-0.1, -0.05) is 36.8 Å². The Hall–Kier alpha value is -1.80. The van der Waals surface area contributed by atoms with Gasteiger partial charge in [0.05, 0.1) is 0 Å². The Morgan fingerprint density at radius 2 is 1.81 bits per heavy atom. The number of ketones is 1. The molecule has 0 fully saturated rings. The molecule has 0 aliphatic heterocycles. The highest BCUT2D eigenvalue weighted by Crippen LogP contribution is 2.18. The summed E-state index contributed by atoms with van der Waals surface area (Å²) in [6.45, 7) is 6.26. The molecular formula is C19H20OS. The van der Waals surface area contributed by atoms with Crippen molar-refractivity contribution in [3.05, 3.63) is 70.8 Å². The first kappa shape index (κ1) is 15.6. The summed E-state index contributed by atoms with van der Waals surface area (Å²) in [7, 11) is 0. The Kier molecular flexibility index (Phi) is 5.40. The Morgan fingerprint density at radius 3 is 2.43 bits per heavy atom. The number of aryl methyl sites for hydroxylation is 2. The van der Waals surface area contributed by atoms with E-state index in [4.69, 9.17) is 0 Å². The van der Waals surface area contributed by atoms with Crippen LogP contribution in [0.2, 0.25) is 0 Å². The van der Waals surface area contributed by atoms with E-state index in [-0.39, 0.29) is 5.78 Å². The maximum absolute atomic E-state index is 12.2. The molecule has 108 valence electrons. The number of carbonyl (C=O) groups excluding carboxylic acids is 1. The van der Waals surface area contributed by atoms with Crippen molar-refractivity contribution >= 4 is 23.6 Å². The summed E-state index contributed by atoms with van der Waals surface area (Å²) in [6.07, 6.45) is 3.55. The SMILES string of the molecule is CCSc1ccc(C(=O)C=Cc2ccc(C)cc2C)cc1. The van der Waals surface area contributed by atoms with Crippen molar-refractivity contribution in [1.29, 1.82) is 0 Å². The minimum absolute atomic E-state index is 0.0445. The van der Waals surface area contributed by atoms with Crippen molar-refractivity contribution in [1.82, 2.24) is 0 Å². The number of allylic oxidation sites excluding steroid dienone is 1. The monoisotopic (exact) mass is 296 g/mol. The third-order valence-electron chi connectivity index (χ3n) is 3.29. The summed E-state index contributed by atoms with van der Waals surface area (Å²) in [5.74, 6) is 1.09. The van der Waals surface area contributed by atoms with Gasteiger partial charge in [0.1, 0.15) is 0 Å². The smallest absolute Gasteiger partial charge is 0.185 e. The average molecular weight is 296 g/mol. The van der Waals surface area contributed by atoms with Gasteiger partial charge in [0.15, 0.2) is 5.78 Å². The zero-order valence-electron chi connectivity index (χ0n) is 12.7. The minimum Gasteiger partial charge on any atom is -0.289 e. The van der Waals surface area contributed by atoms with E-state index >= 15 is 0 Å². The van der Waals surface area contributed by atoms with Crippen molar-refractivity contribution < 1.29 is 4.79 Å². The van der Waals surface area contributed by atoms with E-state index in [0.717, 1.165) is 16.9 Å². The Morgan fingerprint density at radius 1 is 1.10 bits per heavy atom. The molecule has 0 atom stereocenters. The first-order valence-electron chi connectivity index (χ1n) is 7.12. The third-order valence-corrected chi connectivity index (χ3v) is 4.18. The molecule has 2 aromatic rings. The topological polar surface area (TPSA) is 17.1 Å². The number of thioether (sulfide) groups is 1. The van der Waals surface area contributed by atoms with E-state index in [1.807, 2.05) is 30.3 Å². The number of hydrogen-bond acceptors (Lipinski definition) is 2. The van der Waals surface area contributed by atoms with Crippen LogP contribution >= 0.6 is 11.8 Å². The minimum atomic E-state index is 0.0445. The van der Waals surface area contributed by atoms with Crippen molar-refractivity contribution in [3.63, 3.8) is 0 Å².